The minimum atomic E-state index is 0. The number of carbonyl (C=O) groups excluding carboxylic acids is 2. The van der Waals surface area contributed by atoms with Crippen LogP contribution in [-0.4, -0.2) is 16.4 Å². The van der Waals surface area contributed by atoms with Crippen molar-refractivity contribution in [1.82, 2.24) is 0 Å². The van der Waals surface area contributed by atoms with Gasteiger partial charge in [0.1, 0.15) is 11.6 Å². The molecule has 17 heavy (non-hydrogen) atoms. The third kappa shape index (κ3) is 31.7. The molecule has 0 amide bonds. The fourth-order valence-electron chi connectivity index (χ4n) is 0.531. The van der Waals surface area contributed by atoms with Gasteiger partial charge in [-0.05, 0) is 6.92 Å². The number of hydrogen-bond acceptors (Lipinski definition) is 2. The van der Waals surface area contributed by atoms with Crippen LogP contribution < -0.4 is 0 Å². The van der Waals surface area contributed by atoms with E-state index in [2.05, 4.69) is 44.2 Å². The predicted molar refractivity (Wildman–Crippen MR) is 83.9 cm³/mol. The summed E-state index contributed by atoms with van der Waals surface area (Å²) in [7, 11) is 0. The van der Waals surface area contributed by atoms with Crippen molar-refractivity contribution in [2.45, 2.75) is 59.2 Å². The Morgan fingerprint density at radius 2 is 1.35 bits per heavy atom. The number of alkyl halides is 1. The van der Waals surface area contributed by atoms with Crippen LogP contribution in [0.2, 0.25) is 0 Å². The molecule has 0 aliphatic carbocycles. The summed E-state index contributed by atoms with van der Waals surface area (Å²) in [5, 5.41) is 0. The van der Waals surface area contributed by atoms with Gasteiger partial charge in [-0.3, -0.25) is 9.59 Å². The molecular weight excluding hydrogens is 467 g/mol. The molecule has 0 saturated carbocycles. The molecule has 0 aromatic heterocycles. The number of Topliss-reactive ketones (excluding diaryl/α,β-unsaturated/α-hetero) is 2. The Morgan fingerprint density at radius 1 is 1.06 bits per heavy atom. The Bertz CT molecular complexity index is 170. The quantitative estimate of drug-likeness (QED) is 0.388. The first kappa shape index (κ1) is 26.8. The van der Waals surface area contributed by atoms with Gasteiger partial charge in [0.05, 0.1) is 4.83 Å². The zero-order chi connectivity index (χ0) is 13.6. The van der Waals surface area contributed by atoms with Crippen LogP contribution in [0.1, 0.15) is 54.4 Å². The molecule has 0 N–H and O–H groups in total. The monoisotopic (exact) mass is 487 g/mol. The topological polar surface area (TPSA) is 34.1 Å². The van der Waals surface area contributed by atoms with E-state index in [9.17, 15) is 9.59 Å². The number of carbonyl (C=O) groups is 2. The van der Waals surface area contributed by atoms with Crippen LogP contribution in [0.4, 0.5) is 0 Å². The van der Waals surface area contributed by atoms with Crippen LogP contribution in [0.3, 0.4) is 0 Å². The Balaban J connectivity index is -0.0000000778. The van der Waals surface area contributed by atoms with Gasteiger partial charge in [0, 0.05) is 19.3 Å². The summed E-state index contributed by atoms with van der Waals surface area (Å²) in [5.41, 5.74) is 0. The number of ketones is 2. The van der Waals surface area contributed by atoms with E-state index in [4.69, 9.17) is 0 Å². The third-order valence-corrected chi connectivity index (χ3v) is 2.09. The van der Waals surface area contributed by atoms with E-state index >= 15 is 0 Å². The van der Waals surface area contributed by atoms with Gasteiger partial charge in [-0.2, -0.15) is 0 Å². The van der Waals surface area contributed by atoms with Crippen LogP contribution in [0.5, 0.6) is 0 Å². The summed E-state index contributed by atoms with van der Waals surface area (Å²) in [5.74, 6) is 0.606. The second-order valence-electron chi connectivity index (χ2n) is 2.72. The summed E-state index contributed by atoms with van der Waals surface area (Å²) in [6.45, 7) is 7.46. The second kappa shape index (κ2) is 22.5. The standard InChI is InChI=1S/C5H9BrO.C5H10O.CH4.2BrH.Cu/c1-3-5(7)4(2)6;1-3-5(6)4-2;;;;/h4H,3H2,1-2H3;3-4H2,1-2H3;1H4;2*1H;/q;;;;;+2/p-2. The first-order valence-corrected chi connectivity index (χ1v) is 10.5. The normalized spacial score (nSPS) is 9.82. The molecule has 0 rings (SSSR count). The van der Waals surface area contributed by atoms with E-state index < -0.39 is 0 Å². The van der Waals surface area contributed by atoms with Gasteiger partial charge >= 0.3 is 39.6 Å². The van der Waals surface area contributed by atoms with E-state index in [0.717, 1.165) is 0 Å². The number of rotatable bonds is 4. The average molecular weight is 491 g/mol. The molecule has 1 atom stereocenters. The van der Waals surface area contributed by atoms with E-state index in [1.165, 1.54) is 11.3 Å². The van der Waals surface area contributed by atoms with Crippen molar-refractivity contribution >= 4 is 55.7 Å². The van der Waals surface area contributed by atoms with Crippen molar-refractivity contribution in [3.8, 4) is 0 Å². The molecule has 0 spiro atoms. The van der Waals surface area contributed by atoms with Gasteiger partial charge in [-0.1, -0.05) is 44.1 Å². The molecule has 2 nitrogen and oxygen atoms in total. The van der Waals surface area contributed by atoms with Crippen LogP contribution >= 0.6 is 44.2 Å². The molecule has 0 heterocycles. The SMILES string of the molecule is C.CCC(=O)C(C)Br.CCC(=O)CC.[Br][Cu][Br]. The van der Waals surface area contributed by atoms with E-state index in [-0.39, 0.29) is 18.0 Å². The molecule has 0 aromatic rings. The maximum atomic E-state index is 10.5. The molecule has 111 valence electrons. The Labute approximate surface area is 135 Å². The number of halogens is 3. The van der Waals surface area contributed by atoms with Crippen LogP contribution in [0.25, 0.3) is 0 Å². The molecule has 0 saturated heterocycles. The average Bonchev–Trinajstić information content (AvgIpc) is 2.28. The molecule has 0 fully saturated rings. The van der Waals surface area contributed by atoms with Gasteiger partial charge in [0.15, 0.2) is 0 Å². The first-order valence-electron chi connectivity index (χ1n) is 4.90. The molecule has 0 radical (unpaired) electrons. The van der Waals surface area contributed by atoms with Gasteiger partial charge in [-0.25, -0.2) is 0 Å². The van der Waals surface area contributed by atoms with Gasteiger partial charge in [0.2, 0.25) is 0 Å². The fraction of sp³-hybridized carbons (Fsp3) is 0.818. The molecule has 1 unspecified atom stereocenters. The predicted octanol–water partition coefficient (Wildman–Crippen LogP) is 5.45. The van der Waals surface area contributed by atoms with E-state index in [1.807, 2.05) is 27.7 Å². The van der Waals surface area contributed by atoms with Crippen molar-refractivity contribution < 1.29 is 20.9 Å². The summed E-state index contributed by atoms with van der Waals surface area (Å²) in [4.78, 5) is 20.7. The van der Waals surface area contributed by atoms with E-state index in [0.29, 0.717) is 25.0 Å². The van der Waals surface area contributed by atoms with Crippen molar-refractivity contribution in [2.75, 3.05) is 0 Å². The van der Waals surface area contributed by atoms with Crippen molar-refractivity contribution in [1.29, 1.82) is 0 Å². The van der Waals surface area contributed by atoms with Crippen molar-refractivity contribution in [3.63, 3.8) is 0 Å². The maximum absolute atomic E-state index is 10.5. The van der Waals surface area contributed by atoms with Crippen LogP contribution in [0.15, 0.2) is 0 Å². The zero-order valence-electron chi connectivity index (χ0n) is 9.95. The second-order valence-corrected chi connectivity index (χ2v) is 8.85. The Morgan fingerprint density at radius 3 is 1.35 bits per heavy atom. The summed E-state index contributed by atoms with van der Waals surface area (Å²) in [6, 6.07) is 0. The summed E-state index contributed by atoms with van der Waals surface area (Å²) >= 11 is 10.5. The minimum absolute atomic E-state index is 0. The van der Waals surface area contributed by atoms with E-state index in [1.54, 1.807) is 0 Å². The molecule has 6 heteroatoms. The summed E-state index contributed by atoms with van der Waals surface area (Å²) < 4.78 is 0. The summed E-state index contributed by atoms with van der Waals surface area (Å²) in [6.07, 6.45) is 2.01. The third-order valence-electron chi connectivity index (χ3n) is 1.58. The Kier molecular flexibility index (Phi) is 35.4. The van der Waals surface area contributed by atoms with Gasteiger partial charge < -0.3 is 0 Å². The first-order chi connectivity index (χ1) is 7.40. The van der Waals surface area contributed by atoms with Crippen molar-refractivity contribution in [2.24, 2.45) is 0 Å². The zero-order valence-corrected chi connectivity index (χ0v) is 15.7. The molecule has 0 bridgehead atoms. The number of hydrogen-bond donors (Lipinski definition) is 0. The molecule has 0 aromatic carbocycles. The van der Waals surface area contributed by atoms with Crippen LogP contribution in [0, 0.1) is 0 Å². The van der Waals surface area contributed by atoms with Gasteiger partial charge in [-0.15, -0.1) is 0 Å². The molecule has 0 aliphatic rings. The molecule has 0 aliphatic heterocycles. The van der Waals surface area contributed by atoms with Crippen molar-refractivity contribution in [3.05, 3.63) is 0 Å². The Hall–Kier alpha value is 1.30. The van der Waals surface area contributed by atoms with Crippen LogP contribution in [-0.2, 0) is 20.9 Å². The fourth-order valence-corrected chi connectivity index (χ4v) is 0.855. The van der Waals surface area contributed by atoms with Gasteiger partial charge in [0.25, 0.3) is 0 Å². The molecular formula is C11H23Br3CuO2.